The average molecular weight is 379 g/mol. The molecule has 0 heterocycles. The fraction of sp³-hybridized carbons (Fsp3) is 0.364. The van der Waals surface area contributed by atoms with Gasteiger partial charge in [0, 0.05) is 16.9 Å². The maximum absolute atomic E-state index is 12.4. The fourth-order valence-corrected chi connectivity index (χ4v) is 2.19. The molecule has 0 aliphatic rings. The van der Waals surface area contributed by atoms with E-state index in [1.165, 1.54) is 12.1 Å². The molecule has 0 fully saturated rings. The summed E-state index contributed by atoms with van der Waals surface area (Å²) in [4.78, 5) is 12.7. The van der Waals surface area contributed by atoms with Gasteiger partial charge >= 0.3 is 6.18 Å². The largest absolute Gasteiger partial charge is 0.406 e. The van der Waals surface area contributed by atoms with Crippen molar-refractivity contribution in [3.8, 4) is 0 Å². The van der Waals surface area contributed by atoms with Crippen molar-refractivity contribution in [3.63, 3.8) is 0 Å². The second-order valence-electron chi connectivity index (χ2n) is 3.63. The van der Waals surface area contributed by atoms with Crippen LogP contribution in [0.3, 0.4) is 0 Å². The van der Waals surface area contributed by atoms with E-state index in [-0.39, 0.29) is 23.0 Å². The van der Waals surface area contributed by atoms with Gasteiger partial charge in [-0.15, -0.1) is 11.6 Å². The Labute approximate surface area is 126 Å². The Kier molecular flexibility index (Phi) is 5.95. The van der Waals surface area contributed by atoms with Crippen LogP contribution in [0, 0.1) is 0 Å². The third-order valence-corrected chi connectivity index (χ3v) is 3.66. The summed E-state index contributed by atoms with van der Waals surface area (Å²) >= 11 is 14.4. The molecule has 8 heteroatoms. The minimum atomic E-state index is -4.49. The lowest BCUT2D eigenvalue weighted by Gasteiger charge is -2.23. The number of benzene rings is 1. The number of halogens is 6. The summed E-state index contributed by atoms with van der Waals surface area (Å²) in [7, 11) is 0. The van der Waals surface area contributed by atoms with Gasteiger partial charge in [0.05, 0.1) is 10.6 Å². The molecule has 0 unspecified atom stereocenters. The summed E-state index contributed by atoms with van der Waals surface area (Å²) in [5.41, 5.74) is 0.00501. The van der Waals surface area contributed by atoms with Crippen LogP contribution < -0.4 is 0 Å². The highest BCUT2D eigenvalue weighted by atomic mass is 79.9. The van der Waals surface area contributed by atoms with Crippen LogP contribution in [0.1, 0.15) is 10.4 Å². The van der Waals surface area contributed by atoms with E-state index in [4.69, 9.17) is 23.2 Å². The Hall–Kier alpha value is -0.460. The van der Waals surface area contributed by atoms with Gasteiger partial charge < -0.3 is 4.90 Å². The van der Waals surface area contributed by atoms with Crippen LogP contribution in [-0.2, 0) is 0 Å². The van der Waals surface area contributed by atoms with Gasteiger partial charge in [-0.1, -0.05) is 17.7 Å². The highest BCUT2D eigenvalue weighted by Gasteiger charge is 2.33. The first-order chi connectivity index (χ1) is 8.76. The smallest absolute Gasteiger partial charge is 0.328 e. The molecule has 106 valence electrons. The maximum Gasteiger partial charge on any atom is 0.406 e. The van der Waals surface area contributed by atoms with Crippen LogP contribution in [0.5, 0.6) is 0 Å². The van der Waals surface area contributed by atoms with Crippen LogP contribution in [-0.4, -0.2) is 36.0 Å². The first-order valence-electron chi connectivity index (χ1n) is 5.12. The SMILES string of the molecule is O=C(c1cccc(Br)c1Cl)N(CCCl)CC(F)(F)F. The molecule has 0 bridgehead atoms. The number of hydrogen-bond acceptors (Lipinski definition) is 1. The lowest BCUT2D eigenvalue weighted by molar-refractivity contribution is -0.140. The first-order valence-corrected chi connectivity index (χ1v) is 6.83. The maximum atomic E-state index is 12.4. The van der Waals surface area contributed by atoms with Crippen LogP contribution in [0.15, 0.2) is 22.7 Å². The molecule has 0 aliphatic heterocycles. The predicted molar refractivity (Wildman–Crippen MR) is 71.8 cm³/mol. The normalized spacial score (nSPS) is 11.5. The molecule has 0 saturated carbocycles. The summed E-state index contributed by atoms with van der Waals surface area (Å²) in [6, 6.07) is 4.48. The number of amides is 1. The summed E-state index contributed by atoms with van der Waals surface area (Å²) < 4.78 is 37.7. The Balaban J connectivity index is 3.02. The molecule has 0 N–H and O–H groups in total. The first kappa shape index (κ1) is 16.6. The Morgan fingerprint density at radius 2 is 2.00 bits per heavy atom. The molecule has 0 atom stereocenters. The molecule has 0 aliphatic carbocycles. The lowest BCUT2D eigenvalue weighted by Crippen LogP contribution is -2.40. The molecule has 2 nitrogen and oxygen atoms in total. The number of carbonyl (C=O) groups is 1. The van der Waals surface area contributed by atoms with Crippen molar-refractivity contribution in [3.05, 3.63) is 33.3 Å². The van der Waals surface area contributed by atoms with Crippen molar-refractivity contribution >= 4 is 45.0 Å². The summed E-state index contributed by atoms with van der Waals surface area (Å²) in [5, 5.41) is 0.0780. The van der Waals surface area contributed by atoms with Crippen molar-refractivity contribution in [2.45, 2.75) is 6.18 Å². The molecule has 1 aromatic rings. The van der Waals surface area contributed by atoms with Crippen molar-refractivity contribution in [1.82, 2.24) is 4.90 Å². The Morgan fingerprint density at radius 1 is 1.37 bits per heavy atom. The quantitative estimate of drug-likeness (QED) is 0.713. The molecular formula is C11H9BrCl2F3NO. The van der Waals surface area contributed by atoms with E-state index >= 15 is 0 Å². The molecule has 0 saturated heterocycles. The minimum Gasteiger partial charge on any atom is -0.328 e. The highest BCUT2D eigenvalue weighted by molar-refractivity contribution is 9.10. The number of nitrogens with zero attached hydrogens (tertiary/aromatic N) is 1. The summed E-state index contributed by atoms with van der Waals surface area (Å²) in [5.74, 6) is -0.891. The zero-order valence-corrected chi connectivity index (χ0v) is 12.6. The van der Waals surface area contributed by atoms with Crippen molar-refractivity contribution < 1.29 is 18.0 Å². The Morgan fingerprint density at radius 3 is 2.53 bits per heavy atom. The average Bonchev–Trinajstić information content (AvgIpc) is 2.30. The molecule has 19 heavy (non-hydrogen) atoms. The van der Waals surface area contributed by atoms with E-state index < -0.39 is 18.6 Å². The van der Waals surface area contributed by atoms with E-state index in [1.54, 1.807) is 6.07 Å². The fourth-order valence-electron chi connectivity index (χ4n) is 1.41. The van der Waals surface area contributed by atoms with Crippen LogP contribution >= 0.6 is 39.1 Å². The van der Waals surface area contributed by atoms with Gasteiger partial charge in [-0.25, -0.2) is 0 Å². The predicted octanol–water partition coefficient (Wildman–Crippen LogP) is 4.35. The molecule has 1 aromatic carbocycles. The van der Waals surface area contributed by atoms with Gasteiger partial charge in [0.25, 0.3) is 5.91 Å². The monoisotopic (exact) mass is 377 g/mol. The number of carbonyl (C=O) groups excluding carboxylic acids is 1. The number of rotatable bonds is 4. The number of alkyl halides is 4. The molecule has 1 amide bonds. The molecule has 0 spiro atoms. The van der Waals surface area contributed by atoms with Gasteiger partial charge in [0.15, 0.2) is 0 Å². The summed E-state index contributed by atoms with van der Waals surface area (Å²) in [6.07, 6.45) is -4.49. The zero-order chi connectivity index (χ0) is 14.6. The zero-order valence-electron chi connectivity index (χ0n) is 9.48. The minimum absolute atomic E-state index is 0.00501. The van der Waals surface area contributed by atoms with E-state index in [1.807, 2.05) is 0 Å². The van der Waals surface area contributed by atoms with Crippen molar-refractivity contribution in [2.75, 3.05) is 19.0 Å². The van der Waals surface area contributed by atoms with Gasteiger partial charge in [0.1, 0.15) is 6.54 Å². The van der Waals surface area contributed by atoms with Gasteiger partial charge in [-0.05, 0) is 28.1 Å². The molecule has 0 radical (unpaired) electrons. The lowest BCUT2D eigenvalue weighted by atomic mass is 10.2. The third kappa shape index (κ3) is 4.85. The molecular weight excluding hydrogens is 370 g/mol. The van der Waals surface area contributed by atoms with Gasteiger partial charge in [0.2, 0.25) is 0 Å². The topological polar surface area (TPSA) is 20.3 Å². The van der Waals surface area contributed by atoms with E-state index in [9.17, 15) is 18.0 Å². The van der Waals surface area contributed by atoms with Crippen molar-refractivity contribution in [2.24, 2.45) is 0 Å². The van der Waals surface area contributed by atoms with E-state index in [0.29, 0.717) is 9.37 Å². The van der Waals surface area contributed by atoms with Crippen LogP contribution in [0.2, 0.25) is 5.02 Å². The Bertz CT molecular complexity index is 468. The molecule has 0 aromatic heterocycles. The number of hydrogen-bond donors (Lipinski definition) is 0. The third-order valence-electron chi connectivity index (χ3n) is 2.19. The second kappa shape index (κ2) is 6.81. The van der Waals surface area contributed by atoms with Crippen molar-refractivity contribution in [1.29, 1.82) is 0 Å². The van der Waals surface area contributed by atoms with E-state index in [0.717, 1.165) is 0 Å². The highest BCUT2D eigenvalue weighted by Crippen LogP contribution is 2.28. The van der Waals surface area contributed by atoms with E-state index in [2.05, 4.69) is 15.9 Å². The summed E-state index contributed by atoms with van der Waals surface area (Å²) in [6.45, 7) is -1.57. The second-order valence-corrected chi connectivity index (χ2v) is 5.24. The van der Waals surface area contributed by atoms with Gasteiger partial charge in [-0.2, -0.15) is 13.2 Å². The van der Waals surface area contributed by atoms with Crippen LogP contribution in [0.25, 0.3) is 0 Å². The standard InChI is InChI=1S/C11H9BrCl2F3NO/c12-8-3-1-2-7(9(8)14)10(19)18(5-4-13)6-11(15,16)17/h1-3H,4-6H2. The van der Waals surface area contributed by atoms with Crippen LogP contribution in [0.4, 0.5) is 13.2 Å². The molecule has 1 rings (SSSR count). The van der Waals surface area contributed by atoms with Gasteiger partial charge in [-0.3, -0.25) is 4.79 Å².